The quantitative estimate of drug-likeness (QED) is 0.161. The van der Waals surface area contributed by atoms with Crippen molar-refractivity contribution in [1.82, 2.24) is 0 Å². The molecule has 1 heteroatoms. The molecule has 1 heterocycles. The van der Waals surface area contributed by atoms with E-state index in [1.165, 1.54) is 91.8 Å². The van der Waals surface area contributed by atoms with Crippen LogP contribution in [0.5, 0.6) is 0 Å². The van der Waals surface area contributed by atoms with Crippen LogP contribution < -0.4 is 0 Å². The molecule has 1 aromatic heterocycles. The monoisotopic (exact) mass is 695 g/mol. The van der Waals surface area contributed by atoms with Gasteiger partial charge in [0.1, 0.15) is 0 Å². The van der Waals surface area contributed by atoms with E-state index in [9.17, 15) is 0 Å². The molecular weight excluding hydrogens is 657 g/mol. The van der Waals surface area contributed by atoms with Crippen molar-refractivity contribution in [2.24, 2.45) is 0 Å². The van der Waals surface area contributed by atoms with Gasteiger partial charge in [-0.2, -0.15) is 0 Å². The van der Waals surface area contributed by atoms with Crippen LogP contribution in [0.25, 0.3) is 97.0 Å². The number of thiophene rings is 1. The van der Waals surface area contributed by atoms with Crippen molar-refractivity contribution < 1.29 is 1.37 Å². The smallest absolute Gasteiger partial charge is 0.0623 e. The van der Waals surface area contributed by atoms with Crippen molar-refractivity contribution in [3.05, 3.63) is 181 Å². The average molecular weight is 696 g/mol. The molecule has 0 nitrogen and oxygen atoms in total. The van der Waals surface area contributed by atoms with E-state index in [1.54, 1.807) is 0 Å². The Balaban J connectivity index is 1.08. The van der Waals surface area contributed by atoms with Gasteiger partial charge in [0.15, 0.2) is 0 Å². The van der Waals surface area contributed by atoms with Crippen LogP contribution >= 0.6 is 11.3 Å². The summed E-state index contributed by atoms with van der Waals surface area (Å²) in [5.74, 6) is 0. The van der Waals surface area contributed by atoms with Gasteiger partial charge in [-0.15, -0.1) is 11.3 Å². The second-order valence-corrected chi connectivity index (χ2v) is 16.2. The normalized spacial score (nSPS) is 12.3. The van der Waals surface area contributed by atoms with Crippen molar-refractivity contribution in [1.29, 1.82) is 0 Å². The molecule has 0 fully saturated rings. The van der Waals surface area contributed by atoms with Gasteiger partial charge in [0.2, 0.25) is 0 Å². The highest BCUT2D eigenvalue weighted by atomic mass is 32.1. The predicted octanol–water partition coefficient (Wildman–Crippen LogP) is 15.5. The summed E-state index contributed by atoms with van der Waals surface area (Å²) >= 11 is 1.92. The Labute approximate surface area is 316 Å². The van der Waals surface area contributed by atoms with Gasteiger partial charge in [-0.1, -0.05) is 185 Å². The maximum absolute atomic E-state index is 7.98. The van der Waals surface area contributed by atoms with Gasteiger partial charge in [0.05, 0.1) is 1.37 Å². The second kappa shape index (κ2) is 12.3. The van der Waals surface area contributed by atoms with E-state index < -0.39 is 0 Å². The van der Waals surface area contributed by atoms with Crippen molar-refractivity contribution in [3.63, 3.8) is 0 Å². The summed E-state index contributed by atoms with van der Waals surface area (Å²) in [6, 6.07) is 62.5. The van der Waals surface area contributed by atoms with Crippen LogP contribution in [0.15, 0.2) is 176 Å². The first-order valence-corrected chi connectivity index (χ1v) is 19.2. The molecule has 0 saturated carbocycles. The lowest BCUT2D eigenvalue weighted by Crippen LogP contribution is -2.10. The minimum atomic E-state index is 0.0825. The molecule has 0 spiro atoms. The van der Waals surface area contributed by atoms with E-state index >= 15 is 0 Å². The molecule has 9 aromatic carbocycles. The fourth-order valence-electron chi connectivity index (χ4n) is 8.38. The van der Waals surface area contributed by atoms with Crippen molar-refractivity contribution in [3.8, 4) is 44.5 Å². The molecule has 0 N–H and O–H groups in total. The van der Waals surface area contributed by atoms with Crippen LogP contribution in [0.1, 0.15) is 27.7 Å². The van der Waals surface area contributed by atoms with Crippen molar-refractivity contribution >= 4 is 63.8 Å². The molecule has 0 saturated heterocycles. The largest absolute Gasteiger partial charge is 0.135 e. The third kappa shape index (κ3) is 5.26. The summed E-state index contributed by atoms with van der Waals surface area (Å²) in [6.45, 7) is 6.93. The molecule has 0 amide bonds. The van der Waals surface area contributed by atoms with Crippen LogP contribution in [0.4, 0.5) is 0 Å². The summed E-state index contributed by atoms with van der Waals surface area (Å²) in [4.78, 5) is 0. The van der Waals surface area contributed by atoms with E-state index in [4.69, 9.17) is 1.37 Å². The fraction of sp³-hybridized carbons (Fsp3) is 0.0769. The van der Waals surface area contributed by atoms with Crippen LogP contribution in [0.3, 0.4) is 0 Å². The number of rotatable bonds is 4. The fourth-order valence-corrected chi connectivity index (χ4v) is 9.83. The highest BCUT2D eigenvalue weighted by Crippen LogP contribution is 2.46. The molecule has 0 unspecified atom stereocenters. The average Bonchev–Trinajstić information content (AvgIpc) is 3.59. The maximum Gasteiger partial charge on any atom is 0.0623 e. The Kier molecular flexibility index (Phi) is 7.10. The number of fused-ring (bicyclic) bond motifs is 6. The topological polar surface area (TPSA) is 0 Å². The Morgan fingerprint density at radius 2 is 0.981 bits per heavy atom. The van der Waals surface area contributed by atoms with Gasteiger partial charge in [0.25, 0.3) is 0 Å². The molecular formula is C52H38S. The summed E-state index contributed by atoms with van der Waals surface area (Å²) < 4.78 is 10.7. The zero-order chi connectivity index (χ0) is 36.6. The molecule has 0 aliphatic heterocycles. The Hall–Kier alpha value is -6.02. The number of benzene rings is 9. The van der Waals surface area contributed by atoms with Crippen LogP contribution in [-0.4, -0.2) is 0 Å². The number of hydrogen-bond donors (Lipinski definition) is 0. The highest BCUT2D eigenvalue weighted by Gasteiger charge is 2.21. The van der Waals surface area contributed by atoms with Crippen LogP contribution in [0.2, 0.25) is 0 Å². The standard InChI is InChI=1S/C52H38S/c1-52(2,3)46-20-10-19-45-50-40(18-11-21-47(50)53-51(45)46)35-25-29-37(30-26-35)49-43-16-8-6-14-41(43)48(42-15-7-9-17-44(42)49)36-27-22-34(23-28-36)39-31-24-33-12-4-5-13-38(33)32-39/h4-32H,1-3H3/i4D. The third-order valence-electron chi connectivity index (χ3n) is 10.9. The predicted molar refractivity (Wildman–Crippen MR) is 232 cm³/mol. The van der Waals surface area contributed by atoms with Crippen molar-refractivity contribution in [2.45, 2.75) is 26.2 Å². The molecule has 252 valence electrons. The summed E-state index contributed by atoms with van der Waals surface area (Å²) in [6.07, 6.45) is 0. The first kappa shape index (κ1) is 30.6. The molecule has 0 radical (unpaired) electrons. The van der Waals surface area contributed by atoms with Gasteiger partial charge in [-0.05, 0) is 99.9 Å². The van der Waals surface area contributed by atoms with E-state index in [-0.39, 0.29) is 5.41 Å². The van der Waals surface area contributed by atoms with Crippen molar-refractivity contribution in [2.75, 3.05) is 0 Å². The molecule has 0 atom stereocenters. The van der Waals surface area contributed by atoms with Gasteiger partial charge < -0.3 is 0 Å². The lowest BCUT2D eigenvalue weighted by Gasteiger charge is -2.19. The Bertz CT molecular complexity index is 3010. The molecule has 0 aliphatic carbocycles. The Morgan fingerprint density at radius 1 is 0.434 bits per heavy atom. The molecule has 10 aromatic rings. The highest BCUT2D eigenvalue weighted by molar-refractivity contribution is 7.26. The summed E-state index contributed by atoms with van der Waals surface area (Å²) in [5, 5.41) is 9.97. The zero-order valence-corrected chi connectivity index (χ0v) is 30.9. The van der Waals surface area contributed by atoms with E-state index in [0.717, 1.165) is 10.8 Å². The van der Waals surface area contributed by atoms with Crippen LogP contribution in [-0.2, 0) is 5.41 Å². The minimum absolute atomic E-state index is 0.0825. The van der Waals surface area contributed by atoms with E-state index in [0.29, 0.717) is 6.04 Å². The Morgan fingerprint density at radius 3 is 1.60 bits per heavy atom. The zero-order valence-electron chi connectivity index (χ0n) is 31.1. The lowest BCUT2D eigenvalue weighted by molar-refractivity contribution is 0.597. The van der Waals surface area contributed by atoms with Gasteiger partial charge in [-0.3, -0.25) is 0 Å². The summed E-state index contributed by atoms with van der Waals surface area (Å²) in [7, 11) is 0. The van der Waals surface area contributed by atoms with Crippen LogP contribution in [0, 0.1) is 0 Å². The lowest BCUT2D eigenvalue weighted by atomic mass is 9.85. The SMILES string of the molecule is [2H]c1ccc2cc(-c3ccc(-c4c5ccccc5c(-c5ccc(-c6cccc7sc8c(C(C)(C)C)cccc8c67)cc5)c5ccccc45)cc3)ccc2c1. The molecule has 10 rings (SSSR count). The molecule has 53 heavy (non-hydrogen) atoms. The third-order valence-corrected chi connectivity index (χ3v) is 12.1. The van der Waals surface area contributed by atoms with Gasteiger partial charge in [-0.25, -0.2) is 0 Å². The number of hydrogen-bond acceptors (Lipinski definition) is 1. The first-order valence-electron chi connectivity index (χ1n) is 18.9. The van der Waals surface area contributed by atoms with Gasteiger partial charge in [0, 0.05) is 20.2 Å². The summed E-state index contributed by atoms with van der Waals surface area (Å²) in [5.41, 5.74) is 11.3. The first-order chi connectivity index (χ1) is 26.3. The minimum Gasteiger partial charge on any atom is -0.135 e. The molecule has 0 bridgehead atoms. The van der Waals surface area contributed by atoms with E-state index in [2.05, 4.69) is 172 Å². The maximum atomic E-state index is 7.98. The second-order valence-electron chi connectivity index (χ2n) is 15.2. The molecule has 0 aliphatic rings. The van der Waals surface area contributed by atoms with E-state index in [1.807, 2.05) is 29.5 Å². The van der Waals surface area contributed by atoms with Gasteiger partial charge >= 0.3 is 0 Å².